The minimum absolute atomic E-state index is 0.0457. The largest absolute Gasteiger partial charge is 0.383 e. The van der Waals surface area contributed by atoms with Crippen LogP contribution in [0.25, 0.3) is 0 Å². The molecule has 0 saturated carbocycles. The Labute approximate surface area is 171 Å². The van der Waals surface area contributed by atoms with E-state index in [1.807, 2.05) is 4.90 Å². The smallest absolute Gasteiger partial charge is 0.322 e. The predicted octanol–water partition coefficient (Wildman–Crippen LogP) is 1.94. The fourth-order valence-corrected chi connectivity index (χ4v) is 4.00. The summed E-state index contributed by atoms with van der Waals surface area (Å²) in [5.41, 5.74) is 1.86. The van der Waals surface area contributed by atoms with Crippen molar-refractivity contribution >= 4 is 29.1 Å². The van der Waals surface area contributed by atoms with E-state index in [0.717, 1.165) is 57.1 Å². The maximum absolute atomic E-state index is 12.4. The van der Waals surface area contributed by atoms with Crippen LogP contribution in [0.1, 0.15) is 26.7 Å². The highest BCUT2D eigenvalue weighted by atomic mass is 35.5. The molecule has 0 unspecified atom stereocenters. The molecule has 1 heterocycles. The van der Waals surface area contributed by atoms with Crippen LogP contribution >= 0.6 is 11.6 Å². The summed E-state index contributed by atoms with van der Waals surface area (Å²) in [7, 11) is 0. The molecule has 3 rings (SSSR count). The highest BCUT2D eigenvalue weighted by Crippen LogP contribution is 2.32. The van der Waals surface area contributed by atoms with Crippen LogP contribution in [0.3, 0.4) is 0 Å². The molecule has 1 aromatic rings. The number of urea groups is 1. The summed E-state index contributed by atoms with van der Waals surface area (Å²) in [4.78, 5) is 27.6. The van der Waals surface area contributed by atoms with E-state index in [4.69, 9.17) is 11.6 Å². The summed E-state index contributed by atoms with van der Waals surface area (Å²) < 4.78 is 0. The van der Waals surface area contributed by atoms with E-state index in [1.165, 1.54) is 4.90 Å². The highest BCUT2D eigenvalue weighted by Gasteiger charge is 2.28. The third kappa shape index (κ3) is 5.97. The maximum Gasteiger partial charge on any atom is 0.322 e. The number of hydrogen-bond donors (Lipinski definition) is 3. The number of nitrogens with one attached hydrogen (secondary N) is 3. The number of amides is 2. The lowest BCUT2D eigenvalue weighted by molar-refractivity contribution is -0.902. The Morgan fingerprint density at radius 2 is 1.86 bits per heavy atom. The first-order valence-electron chi connectivity index (χ1n) is 9.93. The minimum Gasteiger partial charge on any atom is -0.383 e. The summed E-state index contributed by atoms with van der Waals surface area (Å²) in [5, 5.41) is 7.01. The molecule has 0 spiro atoms. The summed E-state index contributed by atoms with van der Waals surface area (Å²) in [6.45, 7) is 9.45. The van der Waals surface area contributed by atoms with Gasteiger partial charge in [-0.05, 0) is 36.1 Å². The van der Waals surface area contributed by atoms with Crippen molar-refractivity contribution < 1.29 is 14.5 Å². The van der Waals surface area contributed by atoms with E-state index in [-0.39, 0.29) is 17.2 Å². The Morgan fingerprint density at radius 1 is 1.18 bits per heavy atom. The average Bonchev–Trinajstić information content (AvgIpc) is 2.62. The second-order valence-corrected chi connectivity index (χ2v) is 8.94. The number of benzene rings is 1. The molecular weight excluding hydrogens is 376 g/mol. The van der Waals surface area contributed by atoms with Gasteiger partial charge in [-0.3, -0.25) is 4.79 Å². The zero-order chi connectivity index (χ0) is 20.1. The monoisotopic (exact) mass is 405 g/mol. The van der Waals surface area contributed by atoms with Gasteiger partial charge in [0.15, 0.2) is 5.78 Å². The molecule has 1 aromatic carbocycles. The van der Waals surface area contributed by atoms with E-state index in [0.29, 0.717) is 11.4 Å². The standard InChI is InChI=1S/C21H29ClN4O2/c1-21(2)14-18(13-19(27)15-21)23-7-8-25-9-11-26(12-10-25)20(28)24-17-5-3-16(22)4-6-17/h3-6,13,23H,7-12,14-15H2,1-2H3,(H,24,28)/p+1. The van der Waals surface area contributed by atoms with Crippen LogP contribution in [-0.4, -0.2) is 56.0 Å². The lowest BCUT2D eigenvalue weighted by Gasteiger charge is -2.33. The van der Waals surface area contributed by atoms with Gasteiger partial charge in [-0.25, -0.2) is 4.79 Å². The number of piperazine rings is 1. The van der Waals surface area contributed by atoms with Crippen molar-refractivity contribution in [3.63, 3.8) is 0 Å². The van der Waals surface area contributed by atoms with Crippen LogP contribution in [0.4, 0.5) is 10.5 Å². The SMILES string of the molecule is CC1(C)CC(=O)C=C(NCC[NH+]2CCN(C(=O)Nc3ccc(Cl)cc3)CC2)C1. The van der Waals surface area contributed by atoms with Crippen molar-refractivity contribution in [2.75, 3.05) is 44.6 Å². The quantitative estimate of drug-likeness (QED) is 0.701. The Morgan fingerprint density at radius 3 is 2.50 bits per heavy atom. The van der Waals surface area contributed by atoms with E-state index in [2.05, 4.69) is 24.5 Å². The number of ketones is 1. The molecule has 1 aliphatic heterocycles. The first kappa shape index (κ1) is 20.7. The molecule has 1 saturated heterocycles. The number of anilines is 1. The molecule has 3 N–H and O–H groups in total. The first-order valence-corrected chi connectivity index (χ1v) is 10.3. The average molecular weight is 406 g/mol. The fraction of sp³-hybridized carbons (Fsp3) is 0.524. The van der Waals surface area contributed by atoms with E-state index in [1.54, 1.807) is 30.3 Å². The highest BCUT2D eigenvalue weighted by molar-refractivity contribution is 6.30. The molecule has 1 aliphatic carbocycles. The van der Waals surface area contributed by atoms with Gasteiger partial charge < -0.3 is 20.4 Å². The Kier molecular flexibility index (Phi) is 6.62. The molecule has 7 heteroatoms. The molecule has 28 heavy (non-hydrogen) atoms. The van der Waals surface area contributed by atoms with Crippen LogP contribution in [0.15, 0.2) is 36.0 Å². The van der Waals surface area contributed by atoms with Crippen LogP contribution in [0.2, 0.25) is 5.02 Å². The van der Waals surface area contributed by atoms with Crippen LogP contribution in [0.5, 0.6) is 0 Å². The van der Waals surface area contributed by atoms with Crippen molar-refractivity contribution in [1.29, 1.82) is 0 Å². The molecule has 6 nitrogen and oxygen atoms in total. The van der Waals surface area contributed by atoms with Gasteiger partial charge in [-0.2, -0.15) is 0 Å². The van der Waals surface area contributed by atoms with Gasteiger partial charge in [0.05, 0.1) is 39.3 Å². The Hall–Kier alpha value is -2.05. The zero-order valence-corrected chi connectivity index (χ0v) is 17.4. The molecule has 0 bridgehead atoms. The van der Waals surface area contributed by atoms with Gasteiger partial charge in [-0.1, -0.05) is 25.4 Å². The number of quaternary nitrogens is 1. The summed E-state index contributed by atoms with van der Waals surface area (Å²) in [6, 6.07) is 7.08. The molecule has 0 atom stereocenters. The van der Waals surface area contributed by atoms with E-state index < -0.39 is 0 Å². The third-order valence-corrected chi connectivity index (χ3v) is 5.59. The van der Waals surface area contributed by atoms with Gasteiger partial charge in [0.1, 0.15) is 0 Å². The first-order chi connectivity index (χ1) is 13.3. The summed E-state index contributed by atoms with van der Waals surface area (Å²) >= 11 is 5.87. The second kappa shape index (κ2) is 8.97. The van der Waals surface area contributed by atoms with Gasteiger partial charge in [0.25, 0.3) is 0 Å². The lowest BCUT2D eigenvalue weighted by atomic mass is 9.79. The summed E-state index contributed by atoms with van der Waals surface area (Å²) in [6.07, 6.45) is 3.32. The normalized spacial score (nSPS) is 19.9. The van der Waals surface area contributed by atoms with Crippen LogP contribution in [-0.2, 0) is 4.79 Å². The predicted molar refractivity (Wildman–Crippen MR) is 112 cm³/mol. The molecule has 152 valence electrons. The molecular formula is C21H30ClN4O2+. The van der Waals surface area contributed by atoms with Crippen molar-refractivity contribution in [1.82, 2.24) is 10.2 Å². The number of nitrogens with zero attached hydrogens (tertiary/aromatic N) is 1. The van der Waals surface area contributed by atoms with Gasteiger partial charge >= 0.3 is 6.03 Å². The van der Waals surface area contributed by atoms with Gasteiger partial charge in [0.2, 0.25) is 0 Å². The van der Waals surface area contributed by atoms with Crippen LogP contribution in [0, 0.1) is 5.41 Å². The van der Waals surface area contributed by atoms with Gasteiger partial charge in [-0.15, -0.1) is 0 Å². The van der Waals surface area contributed by atoms with Crippen LogP contribution < -0.4 is 15.5 Å². The third-order valence-electron chi connectivity index (χ3n) is 5.34. The number of rotatable bonds is 5. The number of halogens is 1. The van der Waals surface area contributed by atoms with Crippen molar-refractivity contribution in [2.45, 2.75) is 26.7 Å². The number of carbonyl (C=O) groups excluding carboxylic acids is 2. The molecule has 0 radical (unpaired) electrons. The zero-order valence-electron chi connectivity index (χ0n) is 16.7. The molecule has 0 aromatic heterocycles. The molecule has 2 aliphatic rings. The van der Waals surface area contributed by atoms with E-state index >= 15 is 0 Å². The number of hydrogen-bond acceptors (Lipinski definition) is 3. The Balaban J connectivity index is 1.38. The fourth-order valence-electron chi connectivity index (χ4n) is 3.87. The second-order valence-electron chi connectivity index (χ2n) is 8.50. The number of allylic oxidation sites excluding steroid dienone is 2. The van der Waals surface area contributed by atoms with Crippen molar-refractivity contribution in [3.05, 3.63) is 41.1 Å². The van der Waals surface area contributed by atoms with Crippen molar-refractivity contribution in [2.24, 2.45) is 5.41 Å². The van der Waals surface area contributed by atoms with Gasteiger partial charge in [0, 0.05) is 28.9 Å². The van der Waals surface area contributed by atoms with E-state index in [9.17, 15) is 9.59 Å². The van der Waals surface area contributed by atoms with Crippen molar-refractivity contribution in [3.8, 4) is 0 Å². The minimum atomic E-state index is -0.0624. The lowest BCUT2D eigenvalue weighted by Crippen LogP contribution is -3.15. The number of carbonyl (C=O) groups is 2. The molecule has 2 amide bonds. The Bertz CT molecular complexity index is 737. The maximum atomic E-state index is 12.4. The molecule has 1 fully saturated rings. The summed E-state index contributed by atoms with van der Waals surface area (Å²) in [5.74, 6) is 0.214. The topological polar surface area (TPSA) is 65.9 Å².